The number of thiazole rings is 1. The number of hydrogen-bond donors (Lipinski definition) is 1. The van der Waals surface area contributed by atoms with E-state index in [1.54, 1.807) is 36.5 Å². The Morgan fingerprint density at radius 2 is 2.05 bits per heavy atom. The molecule has 10 nitrogen and oxygen atoms in total. The monoisotopic (exact) mass is 561 g/mol. The predicted molar refractivity (Wildman–Crippen MR) is 148 cm³/mol. The lowest BCUT2D eigenvalue weighted by atomic mass is 10.00. The summed E-state index contributed by atoms with van der Waals surface area (Å²) in [6.07, 6.45) is 4.98. The highest BCUT2D eigenvalue weighted by Crippen LogP contribution is 2.40. The highest BCUT2D eigenvalue weighted by molar-refractivity contribution is 7.16. The molecule has 0 saturated carbocycles. The first-order chi connectivity index (χ1) is 18.9. The van der Waals surface area contributed by atoms with E-state index in [1.807, 2.05) is 36.6 Å². The number of nitrogens with one attached hydrogen (secondary N) is 1. The zero-order chi connectivity index (χ0) is 27.3. The van der Waals surface area contributed by atoms with Crippen LogP contribution in [0.15, 0.2) is 47.2 Å². The van der Waals surface area contributed by atoms with E-state index < -0.39 is 0 Å². The van der Waals surface area contributed by atoms with Crippen molar-refractivity contribution in [3.63, 3.8) is 0 Å². The van der Waals surface area contributed by atoms with Crippen LogP contribution in [0.4, 0.5) is 5.69 Å². The van der Waals surface area contributed by atoms with Gasteiger partial charge in [-0.25, -0.2) is 15.0 Å². The zero-order valence-electron chi connectivity index (χ0n) is 21.4. The van der Waals surface area contributed by atoms with Gasteiger partial charge in [0.15, 0.2) is 5.13 Å². The van der Waals surface area contributed by atoms with Gasteiger partial charge in [0.25, 0.3) is 5.91 Å². The molecule has 1 aliphatic heterocycles. The third-order valence-electron chi connectivity index (χ3n) is 6.87. The van der Waals surface area contributed by atoms with E-state index in [1.165, 1.54) is 11.3 Å². The van der Waals surface area contributed by atoms with Crippen LogP contribution in [-0.4, -0.2) is 43.5 Å². The van der Waals surface area contributed by atoms with Crippen LogP contribution in [0.3, 0.4) is 0 Å². The van der Waals surface area contributed by atoms with E-state index in [0.29, 0.717) is 45.9 Å². The normalized spacial score (nSPS) is 15.7. The van der Waals surface area contributed by atoms with E-state index in [0.717, 1.165) is 33.6 Å². The number of amides is 2. The Bertz CT molecular complexity index is 1720. The summed E-state index contributed by atoms with van der Waals surface area (Å²) < 4.78 is 7.34. The molecule has 0 bridgehead atoms. The van der Waals surface area contributed by atoms with Crippen molar-refractivity contribution < 1.29 is 14.1 Å². The summed E-state index contributed by atoms with van der Waals surface area (Å²) in [5.74, 6) is 1.14. The summed E-state index contributed by atoms with van der Waals surface area (Å²) in [6.45, 7) is 3.78. The summed E-state index contributed by atoms with van der Waals surface area (Å²) in [6, 6.07) is 9.05. The number of piperidine rings is 1. The van der Waals surface area contributed by atoms with Gasteiger partial charge in [-0.2, -0.15) is 0 Å². The second-order valence-corrected chi connectivity index (χ2v) is 10.7. The molecule has 1 saturated heterocycles. The van der Waals surface area contributed by atoms with E-state index in [2.05, 4.69) is 20.4 Å². The fourth-order valence-corrected chi connectivity index (χ4v) is 6.20. The topological polar surface area (TPSA) is 119 Å². The quantitative estimate of drug-likeness (QED) is 0.284. The number of anilines is 1. The van der Waals surface area contributed by atoms with Crippen molar-refractivity contribution >= 4 is 51.5 Å². The molecule has 0 spiro atoms. The van der Waals surface area contributed by atoms with Crippen molar-refractivity contribution in [2.24, 2.45) is 0 Å². The second kappa shape index (κ2) is 9.90. The summed E-state index contributed by atoms with van der Waals surface area (Å²) >= 11 is 7.47. The summed E-state index contributed by atoms with van der Waals surface area (Å²) in [5, 5.41) is 7.63. The Kier molecular flexibility index (Phi) is 6.40. The number of imidazole rings is 1. The van der Waals surface area contributed by atoms with Crippen LogP contribution in [0, 0.1) is 13.8 Å². The zero-order valence-corrected chi connectivity index (χ0v) is 23.0. The molecule has 5 aromatic rings. The Morgan fingerprint density at radius 1 is 1.21 bits per heavy atom. The highest BCUT2D eigenvalue weighted by Gasteiger charge is 2.35. The Labute approximate surface area is 232 Å². The van der Waals surface area contributed by atoms with Gasteiger partial charge in [-0.3, -0.25) is 14.2 Å². The maximum atomic E-state index is 13.3. The fraction of sp³-hybridized carbons (Fsp3) is 0.259. The summed E-state index contributed by atoms with van der Waals surface area (Å²) in [7, 11) is 1.58. The first kappa shape index (κ1) is 25.2. The number of aromatic nitrogens is 5. The maximum absolute atomic E-state index is 13.3. The maximum Gasteiger partial charge on any atom is 0.262 e. The van der Waals surface area contributed by atoms with Gasteiger partial charge in [0, 0.05) is 30.9 Å². The summed E-state index contributed by atoms with van der Waals surface area (Å²) in [4.78, 5) is 41.6. The lowest BCUT2D eigenvalue weighted by Crippen LogP contribution is -2.39. The molecule has 6 rings (SSSR count). The van der Waals surface area contributed by atoms with Gasteiger partial charge in [-0.05, 0) is 56.5 Å². The molecule has 5 heterocycles. The molecule has 4 aromatic heterocycles. The van der Waals surface area contributed by atoms with Gasteiger partial charge in [0.1, 0.15) is 21.6 Å². The molecule has 198 valence electrons. The molecular formula is C27H24ClN7O3S. The third-order valence-corrected chi connectivity index (χ3v) is 8.06. The smallest absolute Gasteiger partial charge is 0.262 e. The van der Waals surface area contributed by atoms with Crippen molar-refractivity contribution in [3.05, 3.63) is 70.0 Å². The van der Waals surface area contributed by atoms with Crippen molar-refractivity contribution in [2.75, 3.05) is 11.9 Å². The van der Waals surface area contributed by atoms with Gasteiger partial charge in [0.2, 0.25) is 5.91 Å². The number of carbonyl (C=O) groups excluding carboxylic acids is 2. The molecule has 2 amide bonds. The van der Waals surface area contributed by atoms with E-state index >= 15 is 0 Å². The second-order valence-electron chi connectivity index (χ2n) is 9.30. The largest absolute Gasteiger partial charge is 0.361 e. The first-order valence-corrected chi connectivity index (χ1v) is 13.6. The van der Waals surface area contributed by atoms with Gasteiger partial charge >= 0.3 is 0 Å². The molecule has 1 aliphatic rings. The molecule has 39 heavy (non-hydrogen) atoms. The molecule has 1 aromatic carbocycles. The molecule has 0 unspecified atom stereocenters. The third kappa shape index (κ3) is 4.37. The molecular weight excluding hydrogens is 538 g/mol. The van der Waals surface area contributed by atoms with Gasteiger partial charge < -0.3 is 14.7 Å². The minimum Gasteiger partial charge on any atom is -0.361 e. The number of halogens is 1. The van der Waals surface area contributed by atoms with Crippen LogP contribution in [0.1, 0.15) is 52.3 Å². The Balaban J connectivity index is 1.57. The molecule has 12 heteroatoms. The van der Waals surface area contributed by atoms with Crippen LogP contribution in [0.2, 0.25) is 5.15 Å². The van der Waals surface area contributed by atoms with Crippen LogP contribution < -0.4 is 10.2 Å². The highest BCUT2D eigenvalue weighted by atomic mass is 35.5. The van der Waals surface area contributed by atoms with Gasteiger partial charge in [-0.1, -0.05) is 34.2 Å². The standard InChI is InChI=1S/C27H24ClN7O3S/c1-14-24(15(2)38-33-14)16-7-8-19-18(11-16)32-25(35(19)27-31-13-21(39-27)26(37)29-3)20-5-4-6-23(36)34(20)17-9-10-30-22(28)12-17/h7-13,20H,4-6H2,1-3H3,(H,29,37)/t20-/m0/s1. The van der Waals surface area contributed by atoms with Gasteiger partial charge in [0.05, 0.1) is 29.0 Å². The van der Waals surface area contributed by atoms with Crippen molar-refractivity contribution in [1.82, 2.24) is 30.0 Å². The lowest BCUT2D eigenvalue weighted by Gasteiger charge is -2.35. The molecule has 1 atom stereocenters. The van der Waals surface area contributed by atoms with Crippen molar-refractivity contribution in [3.8, 4) is 16.3 Å². The average Bonchev–Trinajstić information content (AvgIpc) is 3.64. The lowest BCUT2D eigenvalue weighted by molar-refractivity contribution is -0.120. The Hall–Kier alpha value is -4.09. The van der Waals surface area contributed by atoms with E-state index in [4.69, 9.17) is 21.1 Å². The average molecular weight is 562 g/mol. The van der Waals surface area contributed by atoms with Crippen LogP contribution in [0.25, 0.3) is 27.3 Å². The van der Waals surface area contributed by atoms with Crippen LogP contribution in [0.5, 0.6) is 0 Å². The number of fused-ring (bicyclic) bond motifs is 1. The van der Waals surface area contributed by atoms with Crippen LogP contribution >= 0.6 is 22.9 Å². The number of pyridine rings is 1. The van der Waals surface area contributed by atoms with E-state index in [9.17, 15) is 9.59 Å². The van der Waals surface area contributed by atoms with Crippen molar-refractivity contribution in [2.45, 2.75) is 39.2 Å². The van der Waals surface area contributed by atoms with Gasteiger partial charge in [-0.15, -0.1) is 0 Å². The minimum absolute atomic E-state index is 0.0197. The number of aryl methyl sites for hydroxylation is 2. The minimum atomic E-state index is -0.382. The fourth-order valence-electron chi connectivity index (χ4n) is 5.15. The molecule has 1 N–H and O–H groups in total. The SMILES string of the molecule is CNC(=O)c1cnc(-n2c([C@@H]3CCCC(=O)N3c3ccnc(Cl)c3)nc3cc(-c4c(C)noc4C)ccc32)s1. The molecule has 0 aliphatic carbocycles. The number of nitrogens with zero attached hydrogens (tertiary/aromatic N) is 6. The Morgan fingerprint density at radius 3 is 2.79 bits per heavy atom. The number of rotatable bonds is 5. The summed E-state index contributed by atoms with van der Waals surface area (Å²) in [5.41, 5.74) is 4.84. The van der Waals surface area contributed by atoms with Crippen molar-refractivity contribution in [1.29, 1.82) is 0 Å². The first-order valence-electron chi connectivity index (χ1n) is 12.4. The van der Waals surface area contributed by atoms with E-state index in [-0.39, 0.29) is 17.9 Å². The molecule has 0 radical (unpaired) electrons. The number of benzene rings is 1. The number of hydrogen-bond acceptors (Lipinski definition) is 8. The molecule has 1 fully saturated rings. The number of carbonyl (C=O) groups is 2. The predicted octanol–water partition coefficient (Wildman–Crippen LogP) is 5.42. The van der Waals surface area contributed by atoms with Crippen LogP contribution in [-0.2, 0) is 4.79 Å².